The first-order valence-corrected chi connectivity index (χ1v) is 6.47. The maximum Gasteiger partial charge on any atom is 0.326 e. The normalized spacial score (nSPS) is 29.4. The number of esters is 1. The van der Waals surface area contributed by atoms with E-state index >= 15 is 0 Å². The molecule has 0 heterocycles. The van der Waals surface area contributed by atoms with Gasteiger partial charge in [0.1, 0.15) is 5.54 Å². The van der Waals surface area contributed by atoms with Gasteiger partial charge >= 0.3 is 5.97 Å². The van der Waals surface area contributed by atoms with Gasteiger partial charge in [0.25, 0.3) is 0 Å². The van der Waals surface area contributed by atoms with Gasteiger partial charge in [-0.2, -0.15) is 0 Å². The summed E-state index contributed by atoms with van der Waals surface area (Å²) in [7, 11) is 0. The SMILES string of the molecule is CCOC(=O)C1(N)CCC(OC(C)(C)CC)C1. The summed E-state index contributed by atoms with van der Waals surface area (Å²) in [6.45, 7) is 8.39. The summed E-state index contributed by atoms with van der Waals surface area (Å²) in [6.07, 6.45) is 3.06. The molecule has 0 aromatic carbocycles. The minimum Gasteiger partial charge on any atom is -0.465 e. The van der Waals surface area contributed by atoms with Gasteiger partial charge in [0.05, 0.1) is 18.3 Å². The number of nitrogens with two attached hydrogens (primary N) is 1. The van der Waals surface area contributed by atoms with Gasteiger partial charge in [0.15, 0.2) is 0 Å². The summed E-state index contributed by atoms with van der Waals surface area (Å²) in [6, 6.07) is 0. The maximum atomic E-state index is 11.7. The van der Waals surface area contributed by atoms with Crippen molar-refractivity contribution in [1.29, 1.82) is 0 Å². The molecule has 1 fully saturated rings. The summed E-state index contributed by atoms with van der Waals surface area (Å²) in [4.78, 5) is 11.7. The molecule has 100 valence electrons. The first-order valence-electron chi connectivity index (χ1n) is 6.47. The average Bonchev–Trinajstić information content (AvgIpc) is 2.61. The van der Waals surface area contributed by atoms with E-state index in [2.05, 4.69) is 20.8 Å². The zero-order valence-electron chi connectivity index (χ0n) is 11.4. The van der Waals surface area contributed by atoms with Crippen molar-refractivity contribution in [1.82, 2.24) is 0 Å². The Morgan fingerprint density at radius 3 is 2.65 bits per heavy atom. The molecular weight excluding hydrogens is 218 g/mol. The summed E-state index contributed by atoms with van der Waals surface area (Å²) in [5.41, 5.74) is 5.09. The van der Waals surface area contributed by atoms with Gasteiger partial charge in [-0.05, 0) is 40.0 Å². The lowest BCUT2D eigenvalue weighted by Crippen LogP contribution is -2.47. The number of hydrogen-bond donors (Lipinski definition) is 1. The van der Waals surface area contributed by atoms with Crippen LogP contribution in [-0.4, -0.2) is 29.8 Å². The minimum atomic E-state index is -0.843. The van der Waals surface area contributed by atoms with Crippen LogP contribution in [0.1, 0.15) is 53.4 Å². The zero-order valence-corrected chi connectivity index (χ0v) is 11.4. The number of ether oxygens (including phenoxy) is 2. The van der Waals surface area contributed by atoms with Gasteiger partial charge in [-0.1, -0.05) is 6.92 Å². The van der Waals surface area contributed by atoms with Crippen molar-refractivity contribution in [2.45, 2.75) is 70.6 Å². The summed E-state index contributed by atoms with van der Waals surface area (Å²) in [5.74, 6) is -0.291. The fraction of sp³-hybridized carbons (Fsp3) is 0.923. The van der Waals surface area contributed by atoms with Crippen LogP contribution in [0.4, 0.5) is 0 Å². The largest absolute Gasteiger partial charge is 0.465 e. The summed E-state index contributed by atoms with van der Waals surface area (Å²) in [5, 5.41) is 0. The molecule has 0 amide bonds. The highest BCUT2D eigenvalue weighted by atomic mass is 16.5. The third kappa shape index (κ3) is 3.68. The van der Waals surface area contributed by atoms with Crippen molar-refractivity contribution in [3.8, 4) is 0 Å². The lowest BCUT2D eigenvalue weighted by atomic mass is 9.99. The third-order valence-corrected chi connectivity index (χ3v) is 3.52. The predicted octanol–water partition coefficient (Wildman–Crippen LogP) is 2.00. The fourth-order valence-corrected chi connectivity index (χ4v) is 2.12. The minimum absolute atomic E-state index is 0.0688. The van der Waals surface area contributed by atoms with Crippen molar-refractivity contribution >= 4 is 5.97 Å². The Balaban J connectivity index is 2.54. The zero-order chi connectivity index (χ0) is 13.1. The molecule has 17 heavy (non-hydrogen) atoms. The Kier molecular flexibility index (Phi) is 4.55. The van der Waals surface area contributed by atoms with E-state index in [1.54, 1.807) is 6.92 Å². The highest BCUT2D eigenvalue weighted by Crippen LogP contribution is 2.34. The van der Waals surface area contributed by atoms with Crippen LogP contribution in [0, 0.1) is 0 Å². The molecule has 0 aromatic heterocycles. The van der Waals surface area contributed by atoms with E-state index in [1.165, 1.54) is 0 Å². The lowest BCUT2D eigenvalue weighted by molar-refractivity contribution is -0.150. The van der Waals surface area contributed by atoms with Crippen molar-refractivity contribution in [3.63, 3.8) is 0 Å². The summed E-state index contributed by atoms with van der Waals surface area (Å²) < 4.78 is 11.0. The molecule has 0 aliphatic heterocycles. The molecule has 1 aliphatic rings. The molecule has 1 saturated carbocycles. The number of carbonyl (C=O) groups is 1. The van der Waals surface area contributed by atoms with Crippen LogP contribution in [0.25, 0.3) is 0 Å². The van der Waals surface area contributed by atoms with Crippen molar-refractivity contribution in [2.24, 2.45) is 5.73 Å². The van der Waals surface area contributed by atoms with E-state index in [4.69, 9.17) is 15.2 Å². The van der Waals surface area contributed by atoms with Crippen LogP contribution in [-0.2, 0) is 14.3 Å². The number of rotatable bonds is 5. The molecule has 4 nitrogen and oxygen atoms in total. The van der Waals surface area contributed by atoms with Gasteiger partial charge < -0.3 is 15.2 Å². The van der Waals surface area contributed by atoms with Crippen LogP contribution in [0.2, 0.25) is 0 Å². The van der Waals surface area contributed by atoms with E-state index in [-0.39, 0.29) is 17.7 Å². The molecule has 2 N–H and O–H groups in total. The Morgan fingerprint density at radius 2 is 2.12 bits per heavy atom. The molecule has 2 atom stereocenters. The van der Waals surface area contributed by atoms with Gasteiger partial charge in [0, 0.05) is 6.42 Å². The van der Waals surface area contributed by atoms with E-state index in [0.29, 0.717) is 19.4 Å². The molecule has 0 saturated heterocycles. The quantitative estimate of drug-likeness (QED) is 0.750. The topological polar surface area (TPSA) is 61.5 Å². The second-order valence-electron chi connectivity index (χ2n) is 5.47. The Hall–Kier alpha value is -0.610. The molecule has 0 aromatic rings. The Bertz CT molecular complexity index is 278. The second-order valence-corrected chi connectivity index (χ2v) is 5.47. The van der Waals surface area contributed by atoms with Crippen molar-refractivity contribution < 1.29 is 14.3 Å². The monoisotopic (exact) mass is 243 g/mol. The van der Waals surface area contributed by atoms with Crippen molar-refractivity contribution in [3.05, 3.63) is 0 Å². The highest BCUT2D eigenvalue weighted by molar-refractivity contribution is 5.81. The third-order valence-electron chi connectivity index (χ3n) is 3.52. The number of hydrogen-bond acceptors (Lipinski definition) is 4. The molecule has 4 heteroatoms. The van der Waals surface area contributed by atoms with Crippen LogP contribution < -0.4 is 5.73 Å². The molecule has 0 spiro atoms. The van der Waals surface area contributed by atoms with E-state index in [0.717, 1.165) is 12.8 Å². The van der Waals surface area contributed by atoms with Crippen LogP contribution in [0.3, 0.4) is 0 Å². The van der Waals surface area contributed by atoms with Gasteiger partial charge in [-0.25, -0.2) is 0 Å². The highest BCUT2D eigenvalue weighted by Gasteiger charge is 2.44. The summed E-state index contributed by atoms with van der Waals surface area (Å²) >= 11 is 0. The first-order chi connectivity index (χ1) is 7.83. The molecule has 0 bridgehead atoms. The molecule has 2 unspecified atom stereocenters. The van der Waals surface area contributed by atoms with Gasteiger partial charge in [-0.3, -0.25) is 4.79 Å². The van der Waals surface area contributed by atoms with Crippen LogP contribution >= 0.6 is 0 Å². The van der Waals surface area contributed by atoms with Crippen molar-refractivity contribution in [2.75, 3.05) is 6.61 Å². The smallest absolute Gasteiger partial charge is 0.326 e. The standard InChI is InChI=1S/C13H25NO3/c1-5-12(3,4)17-10-7-8-13(14,9-10)11(15)16-6-2/h10H,5-9,14H2,1-4H3. The maximum absolute atomic E-state index is 11.7. The van der Waals surface area contributed by atoms with E-state index in [9.17, 15) is 4.79 Å². The van der Waals surface area contributed by atoms with E-state index < -0.39 is 5.54 Å². The van der Waals surface area contributed by atoms with Gasteiger partial charge in [0.2, 0.25) is 0 Å². The molecule has 1 aliphatic carbocycles. The second kappa shape index (κ2) is 5.36. The van der Waals surface area contributed by atoms with E-state index in [1.807, 2.05) is 0 Å². The molecular formula is C13H25NO3. The Morgan fingerprint density at radius 1 is 1.47 bits per heavy atom. The lowest BCUT2D eigenvalue weighted by Gasteiger charge is -2.29. The molecule has 1 rings (SSSR count). The van der Waals surface area contributed by atoms with Crippen LogP contribution in [0.15, 0.2) is 0 Å². The Labute approximate surface area is 104 Å². The fourth-order valence-electron chi connectivity index (χ4n) is 2.12. The van der Waals surface area contributed by atoms with Gasteiger partial charge in [-0.15, -0.1) is 0 Å². The predicted molar refractivity (Wildman–Crippen MR) is 66.6 cm³/mol. The number of carbonyl (C=O) groups excluding carboxylic acids is 1. The average molecular weight is 243 g/mol. The van der Waals surface area contributed by atoms with Crippen LogP contribution in [0.5, 0.6) is 0 Å². The molecule has 0 radical (unpaired) electrons. The first kappa shape index (κ1) is 14.5.